The van der Waals surface area contributed by atoms with Gasteiger partial charge in [-0.15, -0.1) is 0 Å². The minimum atomic E-state index is -0.440. The number of fused-ring (bicyclic) bond motifs is 1. The van der Waals surface area contributed by atoms with Crippen LogP contribution < -0.4 is 5.32 Å². The van der Waals surface area contributed by atoms with Gasteiger partial charge in [-0.2, -0.15) is 5.10 Å². The molecule has 8 nitrogen and oxygen atoms in total. The van der Waals surface area contributed by atoms with Crippen molar-refractivity contribution in [2.24, 2.45) is 0 Å². The summed E-state index contributed by atoms with van der Waals surface area (Å²) in [5, 5.41) is 7.13. The van der Waals surface area contributed by atoms with Gasteiger partial charge >= 0.3 is 6.03 Å². The minimum absolute atomic E-state index is 0.0130. The van der Waals surface area contributed by atoms with Crippen molar-refractivity contribution in [3.63, 3.8) is 0 Å². The topological polar surface area (TPSA) is 73.7 Å². The number of nitrogens with zero attached hydrogens (tertiary/aromatic N) is 5. The molecule has 1 saturated heterocycles. The van der Waals surface area contributed by atoms with Crippen molar-refractivity contribution in [1.82, 2.24) is 29.8 Å². The van der Waals surface area contributed by atoms with Gasteiger partial charge in [0.25, 0.3) is 0 Å². The van der Waals surface area contributed by atoms with Crippen LogP contribution in [0.4, 0.5) is 4.79 Å². The maximum Gasteiger partial charge on any atom is 0.317 e. The highest BCUT2D eigenvalue weighted by atomic mass is 16.2. The monoisotopic (exact) mass is 306 g/mol. The number of amides is 3. The van der Waals surface area contributed by atoms with Crippen LogP contribution in [-0.2, 0) is 24.4 Å². The highest BCUT2D eigenvalue weighted by Crippen LogP contribution is 2.19. The third kappa shape index (κ3) is 2.66. The number of carbonyl (C=O) groups excluding carboxylic acids is 2. The summed E-state index contributed by atoms with van der Waals surface area (Å²) in [5.74, 6) is -0.0130. The van der Waals surface area contributed by atoms with Gasteiger partial charge in [-0.1, -0.05) is 0 Å². The number of likely N-dealkylation sites (N-methyl/N-ethyl adjacent to an activating group) is 1. The Bertz CT molecular complexity index is 596. The first kappa shape index (κ1) is 14.8. The Morgan fingerprint density at radius 1 is 1.45 bits per heavy atom. The van der Waals surface area contributed by atoms with Crippen molar-refractivity contribution in [3.8, 4) is 0 Å². The smallest absolute Gasteiger partial charge is 0.317 e. The quantitative estimate of drug-likeness (QED) is 0.802. The summed E-state index contributed by atoms with van der Waals surface area (Å²) in [6.45, 7) is 3.12. The SMILES string of the molecule is CN(C)Cc1cnn2c1CN(C(=O)C1CN(C)C(=O)N1)CC2. The lowest BCUT2D eigenvalue weighted by Gasteiger charge is -2.30. The Hall–Kier alpha value is -2.09. The van der Waals surface area contributed by atoms with E-state index in [1.807, 2.05) is 29.9 Å². The van der Waals surface area contributed by atoms with Gasteiger partial charge in [0.2, 0.25) is 5.91 Å². The normalized spacial score (nSPS) is 21.3. The van der Waals surface area contributed by atoms with Crippen molar-refractivity contribution in [3.05, 3.63) is 17.5 Å². The second-order valence-electron chi connectivity index (χ2n) is 6.22. The van der Waals surface area contributed by atoms with Gasteiger partial charge in [0.05, 0.1) is 31.5 Å². The molecule has 0 bridgehead atoms. The Kier molecular flexibility index (Phi) is 3.78. The van der Waals surface area contributed by atoms with Crippen LogP contribution in [-0.4, -0.2) is 76.7 Å². The van der Waals surface area contributed by atoms with Crippen molar-refractivity contribution >= 4 is 11.9 Å². The van der Waals surface area contributed by atoms with Crippen molar-refractivity contribution < 1.29 is 9.59 Å². The van der Waals surface area contributed by atoms with E-state index in [1.165, 1.54) is 4.90 Å². The van der Waals surface area contributed by atoms with Gasteiger partial charge in [-0.25, -0.2) is 4.79 Å². The lowest BCUT2D eigenvalue weighted by atomic mass is 10.1. The van der Waals surface area contributed by atoms with E-state index in [4.69, 9.17) is 0 Å². The van der Waals surface area contributed by atoms with Crippen LogP contribution in [0.5, 0.6) is 0 Å². The van der Waals surface area contributed by atoms with Crippen LogP contribution >= 0.6 is 0 Å². The lowest BCUT2D eigenvalue weighted by Crippen LogP contribution is -2.48. The van der Waals surface area contributed by atoms with Gasteiger partial charge in [0.1, 0.15) is 6.04 Å². The van der Waals surface area contributed by atoms with Crippen molar-refractivity contribution in [2.45, 2.75) is 25.7 Å². The third-order valence-electron chi connectivity index (χ3n) is 4.15. The Morgan fingerprint density at radius 3 is 2.86 bits per heavy atom. The fraction of sp³-hybridized carbons (Fsp3) is 0.643. The molecule has 22 heavy (non-hydrogen) atoms. The molecule has 8 heteroatoms. The lowest BCUT2D eigenvalue weighted by molar-refractivity contribution is -0.134. The van der Waals surface area contributed by atoms with E-state index >= 15 is 0 Å². The molecule has 3 rings (SSSR count). The zero-order valence-corrected chi connectivity index (χ0v) is 13.2. The Labute approximate surface area is 129 Å². The van der Waals surface area contributed by atoms with Gasteiger partial charge in [0.15, 0.2) is 0 Å². The average Bonchev–Trinajstić information content (AvgIpc) is 3.02. The summed E-state index contributed by atoms with van der Waals surface area (Å²) in [7, 11) is 5.72. The number of carbonyl (C=O) groups is 2. The molecule has 0 aromatic carbocycles. The molecule has 1 aromatic rings. The predicted octanol–water partition coefficient (Wildman–Crippen LogP) is -0.689. The molecule has 0 spiro atoms. The second-order valence-corrected chi connectivity index (χ2v) is 6.22. The molecule has 2 aliphatic heterocycles. The average molecular weight is 306 g/mol. The summed E-state index contributed by atoms with van der Waals surface area (Å²) in [5.41, 5.74) is 2.24. The zero-order valence-electron chi connectivity index (χ0n) is 13.2. The molecule has 0 radical (unpaired) electrons. The fourth-order valence-electron chi connectivity index (χ4n) is 2.98. The summed E-state index contributed by atoms with van der Waals surface area (Å²) in [6, 6.07) is -0.627. The van der Waals surface area contributed by atoms with E-state index in [0.717, 1.165) is 17.8 Å². The summed E-state index contributed by atoms with van der Waals surface area (Å²) in [4.78, 5) is 29.6. The zero-order chi connectivity index (χ0) is 15.9. The fourth-order valence-corrected chi connectivity index (χ4v) is 2.98. The predicted molar refractivity (Wildman–Crippen MR) is 80.0 cm³/mol. The number of urea groups is 1. The first-order chi connectivity index (χ1) is 10.5. The number of hydrogen-bond acceptors (Lipinski definition) is 4. The van der Waals surface area contributed by atoms with Crippen molar-refractivity contribution in [1.29, 1.82) is 0 Å². The van der Waals surface area contributed by atoms with Gasteiger partial charge in [-0.3, -0.25) is 9.48 Å². The van der Waals surface area contributed by atoms with E-state index in [1.54, 1.807) is 7.05 Å². The molecular weight excluding hydrogens is 284 g/mol. The molecular formula is C14H22N6O2. The first-order valence-corrected chi connectivity index (χ1v) is 7.44. The highest BCUT2D eigenvalue weighted by molar-refractivity contribution is 5.90. The van der Waals surface area contributed by atoms with Crippen LogP contribution in [0.25, 0.3) is 0 Å². The molecule has 1 atom stereocenters. The molecule has 2 aliphatic rings. The summed E-state index contributed by atoms with van der Waals surface area (Å²) < 4.78 is 1.97. The van der Waals surface area contributed by atoms with E-state index in [2.05, 4.69) is 15.3 Å². The number of nitrogens with one attached hydrogen (secondary N) is 1. The van der Waals surface area contributed by atoms with Crippen molar-refractivity contribution in [2.75, 3.05) is 34.2 Å². The molecule has 3 amide bonds. The number of aromatic nitrogens is 2. The maximum atomic E-state index is 12.6. The van der Waals surface area contributed by atoms with Crippen LogP contribution in [0, 0.1) is 0 Å². The summed E-state index contributed by atoms with van der Waals surface area (Å²) >= 11 is 0. The number of hydrogen-bond donors (Lipinski definition) is 1. The molecule has 1 fully saturated rings. The molecule has 1 unspecified atom stereocenters. The second kappa shape index (κ2) is 5.60. The highest BCUT2D eigenvalue weighted by Gasteiger charge is 2.35. The van der Waals surface area contributed by atoms with Gasteiger partial charge in [0, 0.05) is 25.7 Å². The van der Waals surface area contributed by atoms with Crippen LogP contribution in [0.2, 0.25) is 0 Å². The Morgan fingerprint density at radius 2 is 2.23 bits per heavy atom. The molecule has 120 valence electrons. The third-order valence-corrected chi connectivity index (χ3v) is 4.15. The maximum absolute atomic E-state index is 12.6. The minimum Gasteiger partial charge on any atom is -0.333 e. The van der Waals surface area contributed by atoms with Gasteiger partial charge < -0.3 is 20.0 Å². The van der Waals surface area contributed by atoms with Crippen LogP contribution in [0.1, 0.15) is 11.3 Å². The largest absolute Gasteiger partial charge is 0.333 e. The molecule has 1 aromatic heterocycles. The Balaban J connectivity index is 1.72. The molecule has 0 aliphatic carbocycles. The number of rotatable bonds is 3. The van der Waals surface area contributed by atoms with E-state index in [9.17, 15) is 9.59 Å². The summed E-state index contributed by atoms with van der Waals surface area (Å²) in [6.07, 6.45) is 1.88. The first-order valence-electron chi connectivity index (χ1n) is 7.44. The van der Waals surface area contributed by atoms with E-state index < -0.39 is 6.04 Å². The van der Waals surface area contributed by atoms with Crippen LogP contribution in [0.3, 0.4) is 0 Å². The standard InChI is InChI=1S/C14H22N6O2/c1-17(2)7-10-6-15-20-5-4-19(9-12(10)20)13(21)11-8-18(3)14(22)16-11/h6,11H,4-5,7-9H2,1-3H3,(H,16,22). The molecule has 3 heterocycles. The van der Waals surface area contributed by atoms with Gasteiger partial charge in [-0.05, 0) is 14.1 Å². The van der Waals surface area contributed by atoms with Crippen LogP contribution in [0.15, 0.2) is 6.20 Å². The van der Waals surface area contributed by atoms with E-state index in [-0.39, 0.29) is 11.9 Å². The molecule has 1 N–H and O–H groups in total. The van der Waals surface area contributed by atoms with E-state index in [0.29, 0.717) is 26.2 Å². The molecule has 0 saturated carbocycles.